The number of ether oxygens (including phenoxy) is 1. The molecule has 0 saturated carbocycles. The molecule has 0 spiro atoms. The number of methoxy groups -OCH3 is 1. The van der Waals surface area contributed by atoms with Crippen molar-refractivity contribution < 1.29 is 19.1 Å². The lowest BCUT2D eigenvalue weighted by molar-refractivity contribution is -0.104. The number of aliphatic hydroxyl groups is 1. The van der Waals surface area contributed by atoms with E-state index in [1.165, 1.54) is 19.3 Å². The minimum absolute atomic E-state index is 0.249. The van der Waals surface area contributed by atoms with E-state index >= 15 is 0 Å². The zero-order chi connectivity index (χ0) is 14.7. The zero-order valence-corrected chi connectivity index (χ0v) is 11.1. The van der Waals surface area contributed by atoms with Gasteiger partial charge in [-0.25, -0.2) is 4.79 Å². The van der Waals surface area contributed by atoms with Crippen LogP contribution in [0.15, 0.2) is 45.1 Å². The summed E-state index contributed by atoms with van der Waals surface area (Å²) in [7, 11) is 1.45. The van der Waals surface area contributed by atoms with E-state index in [-0.39, 0.29) is 5.58 Å². The van der Waals surface area contributed by atoms with Crippen LogP contribution in [-0.2, 0) is 4.79 Å². The number of carbonyl (C=O) groups excluding carboxylic acids is 1. The lowest BCUT2D eigenvalue weighted by Gasteiger charge is -2.13. The highest BCUT2D eigenvalue weighted by Crippen LogP contribution is 2.33. The molecule has 5 heteroatoms. The summed E-state index contributed by atoms with van der Waals surface area (Å²) in [4.78, 5) is 22.0. The third-order valence-electron chi connectivity index (χ3n) is 2.91. The smallest absolute Gasteiger partial charge is 0.336 e. The maximum absolute atomic E-state index is 11.4. The normalized spacial score (nSPS) is 13.2. The predicted molar refractivity (Wildman–Crippen MR) is 73.8 cm³/mol. The van der Waals surface area contributed by atoms with Crippen LogP contribution in [0.5, 0.6) is 5.75 Å². The van der Waals surface area contributed by atoms with Crippen molar-refractivity contribution >= 4 is 17.3 Å². The molecule has 0 aliphatic heterocycles. The van der Waals surface area contributed by atoms with Gasteiger partial charge in [0.25, 0.3) is 0 Å². The van der Waals surface area contributed by atoms with E-state index < -0.39 is 11.7 Å². The lowest BCUT2D eigenvalue weighted by atomic mass is 10.0. The molecule has 0 radical (unpaired) electrons. The van der Waals surface area contributed by atoms with E-state index in [4.69, 9.17) is 9.15 Å². The summed E-state index contributed by atoms with van der Waals surface area (Å²) in [6.45, 7) is 1.57. The third-order valence-corrected chi connectivity index (χ3v) is 2.91. The topological polar surface area (TPSA) is 76.7 Å². The molecule has 1 unspecified atom stereocenters. The molecule has 2 rings (SSSR count). The summed E-state index contributed by atoms with van der Waals surface area (Å²) in [5.74, 6) is 0.384. The van der Waals surface area contributed by atoms with Crippen molar-refractivity contribution in [2.45, 2.75) is 13.0 Å². The third kappa shape index (κ3) is 2.62. The molecular weight excluding hydrogens is 260 g/mol. The molecule has 0 aliphatic rings. The molecule has 0 saturated heterocycles. The Kier molecular flexibility index (Phi) is 4.00. The van der Waals surface area contributed by atoms with Crippen LogP contribution >= 0.6 is 0 Å². The fourth-order valence-electron chi connectivity index (χ4n) is 1.97. The van der Waals surface area contributed by atoms with Gasteiger partial charge in [0.15, 0.2) is 0 Å². The number of aldehydes is 1. The van der Waals surface area contributed by atoms with Gasteiger partial charge in [-0.15, -0.1) is 0 Å². The van der Waals surface area contributed by atoms with Crippen LogP contribution in [0.4, 0.5) is 0 Å². The molecule has 1 aromatic heterocycles. The molecule has 0 amide bonds. The molecular formula is C15H14O5. The summed E-state index contributed by atoms with van der Waals surface area (Å²) in [5, 5.41) is 10.9. The SMILES string of the molecule is COc1ccc2ccc(=O)oc2c1C(O)C=C(C)C=O. The fourth-order valence-corrected chi connectivity index (χ4v) is 1.97. The van der Waals surface area contributed by atoms with Gasteiger partial charge in [-0.05, 0) is 36.8 Å². The summed E-state index contributed by atoms with van der Waals surface area (Å²) in [6, 6.07) is 6.30. The Balaban J connectivity index is 2.73. The van der Waals surface area contributed by atoms with Crippen molar-refractivity contribution in [2.24, 2.45) is 0 Å². The average molecular weight is 274 g/mol. The van der Waals surface area contributed by atoms with Crippen molar-refractivity contribution in [3.63, 3.8) is 0 Å². The van der Waals surface area contributed by atoms with Crippen LogP contribution in [0.3, 0.4) is 0 Å². The Morgan fingerprint density at radius 1 is 1.35 bits per heavy atom. The van der Waals surface area contributed by atoms with E-state index in [1.54, 1.807) is 25.1 Å². The summed E-state index contributed by atoms with van der Waals surface area (Å²) < 4.78 is 10.3. The van der Waals surface area contributed by atoms with Crippen molar-refractivity contribution in [2.75, 3.05) is 7.11 Å². The van der Waals surface area contributed by atoms with Crippen LogP contribution in [0.25, 0.3) is 11.0 Å². The first-order valence-corrected chi connectivity index (χ1v) is 5.99. The van der Waals surface area contributed by atoms with E-state index in [2.05, 4.69) is 0 Å². The molecule has 1 aromatic carbocycles. The fraction of sp³-hybridized carbons (Fsp3) is 0.200. The summed E-state index contributed by atoms with van der Waals surface area (Å²) in [6.07, 6.45) is 0.901. The van der Waals surface area contributed by atoms with Gasteiger partial charge in [-0.3, -0.25) is 4.79 Å². The molecule has 20 heavy (non-hydrogen) atoms. The number of rotatable bonds is 4. The van der Waals surface area contributed by atoms with Crippen LogP contribution in [0.1, 0.15) is 18.6 Å². The van der Waals surface area contributed by atoms with Crippen LogP contribution in [-0.4, -0.2) is 18.5 Å². The van der Waals surface area contributed by atoms with Gasteiger partial charge in [0.2, 0.25) is 0 Å². The second-order valence-corrected chi connectivity index (χ2v) is 4.33. The molecule has 104 valence electrons. The molecule has 1 atom stereocenters. The minimum Gasteiger partial charge on any atom is -0.496 e. The number of hydrogen-bond acceptors (Lipinski definition) is 5. The summed E-state index contributed by atoms with van der Waals surface area (Å²) in [5.41, 5.74) is 0.424. The van der Waals surface area contributed by atoms with Crippen molar-refractivity contribution in [3.8, 4) is 5.75 Å². The van der Waals surface area contributed by atoms with Crippen molar-refractivity contribution in [3.05, 3.63) is 51.9 Å². The quantitative estimate of drug-likeness (QED) is 0.524. The standard InChI is InChI=1S/C15H14O5/c1-9(8-16)7-11(17)14-12(19-2)5-3-10-4-6-13(18)20-15(10)14/h3-8,11,17H,1-2H3. The van der Waals surface area contributed by atoms with Crippen LogP contribution in [0.2, 0.25) is 0 Å². The van der Waals surface area contributed by atoms with Gasteiger partial charge in [-0.2, -0.15) is 0 Å². The molecule has 0 aliphatic carbocycles. The van der Waals surface area contributed by atoms with Gasteiger partial charge >= 0.3 is 5.63 Å². The van der Waals surface area contributed by atoms with E-state index in [9.17, 15) is 14.7 Å². The largest absolute Gasteiger partial charge is 0.496 e. The predicted octanol–water partition coefficient (Wildman–Crippen LogP) is 1.98. The zero-order valence-electron chi connectivity index (χ0n) is 11.1. The summed E-state index contributed by atoms with van der Waals surface area (Å²) >= 11 is 0. The number of aliphatic hydroxyl groups excluding tert-OH is 1. The van der Waals surface area contributed by atoms with Crippen LogP contribution in [0, 0.1) is 0 Å². The Hall–Kier alpha value is -2.40. The minimum atomic E-state index is -1.11. The van der Waals surface area contributed by atoms with E-state index in [1.807, 2.05) is 0 Å². The molecule has 2 aromatic rings. The Labute approximate surface area is 115 Å². The van der Waals surface area contributed by atoms with Gasteiger partial charge in [0.05, 0.1) is 12.7 Å². The number of allylic oxidation sites excluding steroid dienone is 1. The number of benzene rings is 1. The van der Waals surface area contributed by atoms with Gasteiger partial charge in [0, 0.05) is 11.5 Å². The molecule has 1 N–H and O–H groups in total. The average Bonchev–Trinajstić information content (AvgIpc) is 2.45. The second kappa shape index (κ2) is 5.71. The molecule has 0 fully saturated rings. The highest BCUT2D eigenvalue weighted by Gasteiger charge is 2.17. The number of hydrogen-bond donors (Lipinski definition) is 1. The first kappa shape index (κ1) is 14.0. The van der Waals surface area contributed by atoms with Gasteiger partial charge in [-0.1, -0.05) is 0 Å². The molecule has 5 nitrogen and oxygen atoms in total. The van der Waals surface area contributed by atoms with Gasteiger partial charge in [0.1, 0.15) is 23.7 Å². The monoisotopic (exact) mass is 274 g/mol. The highest BCUT2D eigenvalue weighted by molar-refractivity contribution is 5.83. The molecule has 1 heterocycles. The Bertz CT molecular complexity index is 727. The first-order chi connectivity index (χ1) is 9.56. The highest BCUT2D eigenvalue weighted by atomic mass is 16.5. The van der Waals surface area contributed by atoms with Crippen LogP contribution < -0.4 is 10.4 Å². The maximum atomic E-state index is 11.4. The van der Waals surface area contributed by atoms with E-state index in [0.717, 1.165) is 0 Å². The number of carbonyl (C=O) groups is 1. The van der Waals surface area contributed by atoms with Gasteiger partial charge < -0.3 is 14.3 Å². The number of fused-ring (bicyclic) bond motifs is 1. The molecule has 0 bridgehead atoms. The Morgan fingerprint density at radius 2 is 2.05 bits per heavy atom. The lowest BCUT2D eigenvalue weighted by Crippen LogP contribution is -2.03. The maximum Gasteiger partial charge on any atom is 0.336 e. The van der Waals surface area contributed by atoms with Crippen molar-refractivity contribution in [1.82, 2.24) is 0 Å². The van der Waals surface area contributed by atoms with Crippen molar-refractivity contribution in [1.29, 1.82) is 0 Å². The van der Waals surface area contributed by atoms with E-state index in [0.29, 0.717) is 28.6 Å². The second-order valence-electron chi connectivity index (χ2n) is 4.33. The Morgan fingerprint density at radius 3 is 2.70 bits per heavy atom. The first-order valence-electron chi connectivity index (χ1n) is 5.99.